The van der Waals surface area contributed by atoms with Crippen molar-refractivity contribution in [2.75, 3.05) is 0 Å². The van der Waals surface area contributed by atoms with Crippen molar-refractivity contribution in [3.8, 4) is 0 Å². The Bertz CT molecular complexity index is 662. The highest BCUT2D eigenvalue weighted by molar-refractivity contribution is 5.89. The van der Waals surface area contributed by atoms with Crippen LogP contribution in [0, 0.1) is 0 Å². The third kappa shape index (κ3) is 3.60. The van der Waals surface area contributed by atoms with Crippen LogP contribution in [0.4, 0.5) is 65.9 Å². The number of hydrogen-bond donors (Lipinski definition) is 1. The molecule has 0 heterocycles. The van der Waals surface area contributed by atoms with Gasteiger partial charge in [0.25, 0.3) is 6.08 Å². The summed E-state index contributed by atoms with van der Waals surface area (Å²) in [6, 6.07) is 0. The normalized spacial score (nSPS) is 15.9. The topological polar surface area (TPSA) is 37.3 Å². The Balaban J connectivity index is 6.80. The Morgan fingerprint density at radius 2 is 1.10 bits per heavy atom. The molecule has 0 fully saturated rings. The van der Waals surface area contributed by atoms with E-state index < -0.39 is 65.8 Å². The molecule has 1 atom stereocenters. The molecule has 172 valence electrons. The van der Waals surface area contributed by atoms with E-state index in [0.717, 1.165) is 0 Å². The summed E-state index contributed by atoms with van der Waals surface area (Å²) in [6.07, 6.45) is -10.4. The van der Waals surface area contributed by atoms with Gasteiger partial charge in [0.1, 0.15) is 0 Å². The molecule has 0 radical (unpaired) electrons. The van der Waals surface area contributed by atoms with Crippen molar-refractivity contribution < 1.29 is 75.8 Å². The summed E-state index contributed by atoms with van der Waals surface area (Å²) in [5.74, 6) is -50.4. The monoisotopic (exact) mass is 468 g/mol. The number of carbonyl (C=O) groups is 1. The van der Waals surface area contributed by atoms with Gasteiger partial charge in [-0.3, -0.25) is 0 Å². The van der Waals surface area contributed by atoms with Crippen molar-refractivity contribution in [3.63, 3.8) is 0 Å². The van der Waals surface area contributed by atoms with Gasteiger partial charge in [-0.2, -0.15) is 61.5 Å². The Labute approximate surface area is 150 Å². The second-order valence-corrected chi connectivity index (χ2v) is 5.31. The minimum atomic E-state index is -8.29. The van der Waals surface area contributed by atoms with Gasteiger partial charge in [0, 0.05) is 0 Å². The predicted octanol–water partition coefficient (Wildman–Crippen LogP) is 5.78. The first-order valence-electron chi connectivity index (χ1n) is 6.70. The molecule has 0 aliphatic heterocycles. The van der Waals surface area contributed by atoms with Crippen LogP contribution >= 0.6 is 0 Å². The third-order valence-corrected chi connectivity index (χ3v) is 3.46. The molecule has 0 spiro atoms. The lowest BCUT2D eigenvalue weighted by molar-refractivity contribution is -0.425. The van der Waals surface area contributed by atoms with Gasteiger partial charge < -0.3 is 5.11 Å². The molecule has 0 amide bonds. The number of carboxylic acid groups (broad SMARTS) is 1. The smallest absolute Gasteiger partial charge is 0.385 e. The van der Waals surface area contributed by atoms with Crippen molar-refractivity contribution in [1.82, 2.24) is 0 Å². The summed E-state index contributed by atoms with van der Waals surface area (Å²) in [5.41, 5.74) is -4.19. The molecule has 0 saturated heterocycles. The molecule has 0 rings (SSSR count). The number of halogens is 15. The van der Waals surface area contributed by atoms with Crippen LogP contribution in [0.15, 0.2) is 11.7 Å². The summed E-state index contributed by atoms with van der Waals surface area (Å²) in [7, 11) is 0. The van der Waals surface area contributed by atoms with Crippen molar-refractivity contribution in [2.45, 2.75) is 55.1 Å². The van der Waals surface area contributed by atoms with Gasteiger partial charge >= 0.3 is 41.5 Å². The van der Waals surface area contributed by atoms with Crippen LogP contribution in [-0.2, 0) is 4.79 Å². The highest BCUT2D eigenvalue weighted by Gasteiger charge is 2.91. The highest BCUT2D eigenvalue weighted by atomic mass is 19.4. The molecule has 0 bridgehead atoms. The predicted molar refractivity (Wildman–Crippen MR) is 61.7 cm³/mol. The molecule has 0 aromatic heterocycles. The fraction of sp³-hybridized carbons (Fsp3) is 0.750. The van der Waals surface area contributed by atoms with E-state index >= 15 is 0 Å². The number of hydrogen-bond acceptors (Lipinski definition) is 1. The minimum absolute atomic E-state index is 0.307. The molecular formula is C12H7F15O2. The van der Waals surface area contributed by atoms with E-state index in [1.807, 2.05) is 0 Å². The average Bonchev–Trinajstić information content (AvgIpc) is 2.51. The van der Waals surface area contributed by atoms with Crippen molar-refractivity contribution in [2.24, 2.45) is 0 Å². The molecule has 1 unspecified atom stereocenters. The van der Waals surface area contributed by atoms with Crippen LogP contribution in [0.2, 0.25) is 0 Å². The van der Waals surface area contributed by atoms with Crippen LogP contribution in [0.5, 0.6) is 0 Å². The van der Waals surface area contributed by atoms with Gasteiger partial charge in [-0.05, 0) is 6.42 Å². The first-order valence-corrected chi connectivity index (χ1v) is 6.70. The molecule has 0 aliphatic carbocycles. The van der Waals surface area contributed by atoms with Crippen LogP contribution < -0.4 is 0 Å². The first-order chi connectivity index (χ1) is 12.5. The molecule has 0 aliphatic rings. The zero-order chi connectivity index (χ0) is 24.0. The van der Waals surface area contributed by atoms with Crippen LogP contribution in [0.25, 0.3) is 0 Å². The standard InChI is InChI=1S/C12H7F15O2/c1-2-3(13)7(16,17)9(20,21)11(24,25)12(26,27)10(22,23)8(18,19)4(5(14)15)6(28)29/h3H,2H2,1H3,(H,28,29). The summed E-state index contributed by atoms with van der Waals surface area (Å²) in [4.78, 5) is 10.2. The van der Waals surface area contributed by atoms with E-state index in [0.29, 0.717) is 6.92 Å². The molecule has 1 N–H and O–H groups in total. The molecule has 0 saturated carbocycles. The van der Waals surface area contributed by atoms with E-state index in [1.165, 1.54) is 0 Å². The summed E-state index contributed by atoms with van der Waals surface area (Å²) in [5, 5.41) is 8.00. The lowest BCUT2D eigenvalue weighted by atomic mass is 9.87. The van der Waals surface area contributed by atoms with Gasteiger partial charge in [-0.1, -0.05) is 6.92 Å². The Morgan fingerprint density at radius 1 is 0.759 bits per heavy atom. The van der Waals surface area contributed by atoms with Crippen LogP contribution in [-0.4, -0.2) is 52.8 Å². The van der Waals surface area contributed by atoms with Gasteiger partial charge in [0.15, 0.2) is 11.7 Å². The van der Waals surface area contributed by atoms with Crippen LogP contribution in [0.3, 0.4) is 0 Å². The Morgan fingerprint density at radius 3 is 1.38 bits per heavy atom. The van der Waals surface area contributed by atoms with Gasteiger partial charge in [0.2, 0.25) is 0 Å². The van der Waals surface area contributed by atoms with E-state index in [1.54, 1.807) is 0 Å². The van der Waals surface area contributed by atoms with E-state index in [-0.39, 0.29) is 0 Å². The second-order valence-electron chi connectivity index (χ2n) is 5.31. The van der Waals surface area contributed by atoms with Gasteiger partial charge in [0.05, 0.1) is 0 Å². The third-order valence-electron chi connectivity index (χ3n) is 3.46. The maximum Gasteiger partial charge on any atom is 0.385 e. The fourth-order valence-corrected chi connectivity index (χ4v) is 1.74. The summed E-state index contributed by atoms with van der Waals surface area (Å²) >= 11 is 0. The van der Waals surface area contributed by atoms with Gasteiger partial charge in [-0.25, -0.2) is 9.18 Å². The fourth-order valence-electron chi connectivity index (χ4n) is 1.74. The van der Waals surface area contributed by atoms with Crippen molar-refractivity contribution in [3.05, 3.63) is 11.7 Å². The zero-order valence-electron chi connectivity index (χ0n) is 13.3. The van der Waals surface area contributed by atoms with Crippen molar-refractivity contribution >= 4 is 5.97 Å². The lowest BCUT2D eigenvalue weighted by Gasteiger charge is -2.41. The maximum atomic E-state index is 13.4. The minimum Gasteiger partial charge on any atom is -0.478 e. The quantitative estimate of drug-likeness (QED) is 0.344. The van der Waals surface area contributed by atoms with E-state index in [4.69, 9.17) is 5.11 Å². The SMILES string of the molecule is CCC(F)C(F)(F)C(F)(F)C(F)(F)C(F)(F)C(F)(F)C(F)(F)C(C(=O)O)=C(F)F. The average molecular weight is 468 g/mol. The van der Waals surface area contributed by atoms with E-state index in [2.05, 4.69) is 0 Å². The zero-order valence-corrected chi connectivity index (χ0v) is 13.3. The first kappa shape index (κ1) is 27.2. The van der Waals surface area contributed by atoms with Gasteiger partial charge in [-0.15, -0.1) is 0 Å². The number of alkyl halides is 13. The van der Waals surface area contributed by atoms with E-state index in [9.17, 15) is 70.7 Å². The molecule has 17 heteroatoms. The summed E-state index contributed by atoms with van der Waals surface area (Å²) in [6.45, 7) is 0.307. The molecule has 0 aromatic carbocycles. The maximum absolute atomic E-state index is 13.4. The van der Waals surface area contributed by atoms with Crippen molar-refractivity contribution in [1.29, 1.82) is 0 Å². The van der Waals surface area contributed by atoms with Crippen LogP contribution in [0.1, 0.15) is 13.3 Å². The summed E-state index contributed by atoms with van der Waals surface area (Å²) < 4.78 is 197. The number of aliphatic carboxylic acids is 1. The second kappa shape index (κ2) is 7.45. The number of rotatable bonds is 9. The molecule has 2 nitrogen and oxygen atoms in total. The lowest BCUT2D eigenvalue weighted by Crippen LogP contribution is -2.72. The largest absolute Gasteiger partial charge is 0.478 e. The Hall–Kier alpha value is -1.84. The highest BCUT2D eigenvalue weighted by Crippen LogP contribution is 2.62. The Kier molecular flexibility index (Phi) is 6.97. The molecule has 0 aromatic rings. The molecule has 29 heavy (non-hydrogen) atoms. The molecular weight excluding hydrogens is 461 g/mol. The number of carboxylic acids is 1.